The van der Waals surface area contributed by atoms with Gasteiger partial charge in [-0.05, 0) is 54.7 Å². The van der Waals surface area contributed by atoms with Crippen LogP contribution in [0, 0.1) is 0 Å². The molecule has 11 nitrogen and oxygen atoms in total. The molecule has 2 aromatic carbocycles. The van der Waals surface area contributed by atoms with E-state index in [0.29, 0.717) is 15.9 Å². The molecule has 0 radical (unpaired) electrons. The molecule has 1 aliphatic carbocycles. The number of anilines is 1. The maximum atomic E-state index is 13.1. The third-order valence-electron chi connectivity index (χ3n) is 5.82. The molecule has 0 saturated heterocycles. The number of aliphatic hydroxyl groups excluding tert-OH is 2. The average Bonchev–Trinajstić information content (AvgIpc) is 3.61. The molecule has 3 amide bonds. The summed E-state index contributed by atoms with van der Waals surface area (Å²) in [4.78, 5) is 40.9. The van der Waals surface area contributed by atoms with E-state index in [1.54, 1.807) is 36.4 Å². The van der Waals surface area contributed by atoms with Crippen LogP contribution in [0.15, 0.2) is 42.5 Å². The van der Waals surface area contributed by atoms with E-state index in [9.17, 15) is 22.8 Å². The van der Waals surface area contributed by atoms with Crippen LogP contribution in [0.5, 0.6) is 0 Å². The van der Waals surface area contributed by atoms with E-state index in [1.165, 1.54) is 0 Å². The second-order valence-electron chi connectivity index (χ2n) is 8.90. The number of rotatable bonds is 12. The van der Waals surface area contributed by atoms with E-state index in [-0.39, 0.29) is 36.5 Å². The highest BCUT2D eigenvalue weighted by molar-refractivity contribution is 7.92. The Morgan fingerprint density at radius 3 is 2.39 bits per heavy atom. The number of benzene rings is 2. The highest BCUT2D eigenvalue weighted by atomic mass is 32.2. The summed E-state index contributed by atoms with van der Waals surface area (Å²) >= 11 is 1.08. The van der Waals surface area contributed by atoms with E-state index < -0.39 is 39.3 Å². The third kappa shape index (κ3) is 6.92. The van der Waals surface area contributed by atoms with Crippen LogP contribution in [-0.4, -0.2) is 72.9 Å². The SMILES string of the molecule is O=C(CO)Nc1ccc(-c2ccc3sc(C(C(=O)NCC(=O)NC4CC4)S(=O)(=O)CCCO)nc3c2)cc1. The lowest BCUT2D eigenvalue weighted by Crippen LogP contribution is -2.41. The number of hydrogen-bond acceptors (Lipinski definition) is 9. The summed E-state index contributed by atoms with van der Waals surface area (Å²) in [5.74, 6) is -2.15. The van der Waals surface area contributed by atoms with E-state index in [1.807, 2.05) is 6.07 Å². The number of carbonyl (C=O) groups is 3. The van der Waals surface area contributed by atoms with Gasteiger partial charge in [-0.2, -0.15) is 0 Å². The maximum Gasteiger partial charge on any atom is 0.250 e. The minimum Gasteiger partial charge on any atom is -0.396 e. The Balaban J connectivity index is 1.58. The van der Waals surface area contributed by atoms with Gasteiger partial charge in [-0.3, -0.25) is 14.4 Å². The molecule has 1 aromatic heterocycles. The van der Waals surface area contributed by atoms with Gasteiger partial charge in [-0.15, -0.1) is 11.3 Å². The van der Waals surface area contributed by atoms with Gasteiger partial charge in [0.2, 0.25) is 17.7 Å². The zero-order valence-corrected chi connectivity index (χ0v) is 22.0. The second-order valence-corrected chi connectivity index (χ2v) is 12.2. The number of carbonyl (C=O) groups excluding carboxylic acids is 3. The molecule has 4 rings (SSSR count). The lowest BCUT2D eigenvalue weighted by molar-refractivity contribution is -0.126. The Bertz CT molecular complexity index is 1430. The van der Waals surface area contributed by atoms with Gasteiger partial charge >= 0.3 is 0 Å². The zero-order valence-electron chi connectivity index (χ0n) is 20.3. The van der Waals surface area contributed by atoms with Crippen LogP contribution in [0.3, 0.4) is 0 Å². The molecular weight excluding hydrogens is 532 g/mol. The molecule has 1 saturated carbocycles. The van der Waals surface area contributed by atoms with E-state index in [2.05, 4.69) is 20.9 Å². The lowest BCUT2D eigenvalue weighted by Gasteiger charge is -2.15. The van der Waals surface area contributed by atoms with Crippen LogP contribution in [0.4, 0.5) is 5.69 Å². The number of amides is 3. The molecule has 5 N–H and O–H groups in total. The van der Waals surface area contributed by atoms with Crippen molar-refractivity contribution in [1.82, 2.24) is 15.6 Å². The van der Waals surface area contributed by atoms with Crippen molar-refractivity contribution in [3.05, 3.63) is 47.5 Å². The number of aliphatic hydroxyl groups is 2. The maximum absolute atomic E-state index is 13.1. The fourth-order valence-electron chi connectivity index (χ4n) is 3.76. The van der Waals surface area contributed by atoms with E-state index in [4.69, 9.17) is 10.2 Å². The quantitative estimate of drug-likeness (QED) is 0.219. The molecule has 1 aliphatic rings. The summed E-state index contributed by atoms with van der Waals surface area (Å²) in [5.41, 5.74) is 2.63. The summed E-state index contributed by atoms with van der Waals surface area (Å²) in [7, 11) is -4.03. The van der Waals surface area contributed by atoms with Crippen molar-refractivity contribution < 1.29 is 33.0 Å². The number of nitrogens with zero attached hydrogens (tertiary/aromatic N) is 1. The van der Waals surface area contributed by atoms with Crippen LogP contribution in [-0.2, 0) is 24.2 Å². The number of aromatic nitrogens is 1. The van der Waals surface area contributed by atoms with Gasteiger partial charge in [0.15, 0.2) is 15.1 Å². The molecule has 1 fully saturated rings. The van der Waals surface area contributed by atoms with Crippen molar-refractivity contribution in [3.8, 4) is 11.1 Å². The Kier molecular flexibility index (Phi) is 8.72. The molecular formula is C25H28N4O7S2. The van der Waals surface area contributed by atoms with Crippen molar-refractivity contribution in [3.63, 3.8) is 0 Å². The van der Waals surface area contributed by atoms with Crippen LogP contribution < -0.4 is 16.0 Å². The minimum atomic E-state index is -4.03. The monoisotopic (exact) mass is 560 g/mol. The molecule has 13 heteroatoms. The van der Waals surface area contributed by atoms with Gasteiger partial charge in [0, 0.05) is 18.3 Å². The van der Waals surface area contributed by atoms with Crippen molar-refractivity contribution in [2.75, 3.05) is 30.8 Å². The molecule has 38 heavy (non-hydrogen) atoms. The number of fused-ring (bicyclic) bond motifs is 1. The standard InChI is InChI=1S/C25H28N4O7S2/c30-10-1-11-38(35,36)23(24(34)26-13-21(32)27-18-7-8-18)25-29-19-12-16(4-9-20(19)37-25)15-2-5-17(6-3-15)28-22(33)14-31/h2-6,9,12,18,23,30-31H,1,7-8,10-11,13-14H2,(H,26,34)(H,27,32)(H,28,33). The zero-order chi connectivity index (χ0) is 27.3. The number of nitrogens with one attached hydrogen (secondary N) is 3. The Morgan fingerprint density at radius 1 is 1.03 bits per heavy atom. The van der Waals surface area contributed by atoms with E-state index in [0.717, 1.165) is 35.3 Å². The first-order valence-electron chi connectivity index (χ1n) is 12.0. The molecule has 1 atom stereocenters. The normalized spacial score (nSPS) is 14.2. The smallest absolute Gasteiger partial charge is 0.250 e. The highest BCUT2D eigenvalue weighted by Gasteiger charge is 2.37. The predicted octanol–water partition coefficient (Wildman–Crippen LogP) is 1.13. The first-order chi connectivity index (χ1) is 18.2. The fraction of sp³-hybridized carbons (Fsp3) is 0.360. The van der Waals surface area contributed by atoms with Gasteiger partial charge in [0.1, 0.15) is 11.6 Å². The summed E-state index contributed by atoms with van der Waals surface area (Å²) in [6.45, 7) is -1.30. The van der Waals surface area contributed by atoms with Gasteiger partial charge in [-0.1, -0.05) is 18.2 Å². The molecule has 0 bridgehead atoms. The van der Waals surface area contributed by atoms with Gasteiger partial charge in [-0.25, -0.2) is 13.4 Å². The molecule has 3 aromatic rings. The average molecular weight is 561 g/mol. The first-order valence-corrected chi connectivity index (χ1v) is 14.5. The van der Waals surface area contributed by atoms with Gasteiger partial charge in [0.25, 0.3) is 0 Å². The second kappa shape index (κ2) is 12.0. The Morgan fingerprint density at radius 2 is 1.74 bits per heavy atom. The lowest BCUT2D eigenvalue weighted by atomic mass is 10.1. The summed E-state index contributed by atoms with van der Waals surface area (Å²) < 4.78 is 26.9. The summed E-state index contributed by atoms with van der Waals surface area (Å²) in [5, 5.41) is 24.2. The Labute approximate surface area is 223 Å². The fourth-order valence-corrected chi connectivity index (χ4v) is 6.81. The molecule has 0 spiro atoms. The van der Waals surface area contributed by atoms with Crippen LogP contribution in [0.25, 0.3) is 21.3 Å². The molecule has 0 aliphatic heterocycles. The predicted molar refractivity (Wildman–Crippen MR) is 143 cm³/mol. The topological polar surface area (TPSA) is 175 Å². The number of thiazole rings is 1. The van der Waals surface area contributed by atoms with E-state index >= 15 is 0 Å². The van der Waals surface area contributed by atoms with Gasteiger partial charge < -0.3 is 26.2 Å². The molecule has 1 heterocycles. The summed E-state index contributed by atoms with van der Waals surface area (Å²) in [6.07, 6.45) is 1.74. The first kappa shape index (κ1) is 27.6. The van der Waals surface area contributed by atoms with Crippen LogP contribution in [0.2, 0.25) is 0 Å². The van der Waals surface area contributed by atoms with Crippen molar-refractivity contribution in [2.24, 2.45) is 0 Å². The minimum absolute atomic E-state index is 0.0297. The molecule has 202 valence electrons. The summed E-state index contributed by atoms with van der Waals surface area (Å²) in [6, 6.07) is 12.4. The largest absolute Gasteiger partial charge is 0.396 e. The van der Waals surface area contributed by atoms with Crippen molar-refractivity contribution in [1.29, 1.82) is 0 Å². The Hall–Kier alpha value is -3.39. The van der Waals surface area contributed by atoms with Crippen molar-refractivity contribution >= 4 is 54.8 Å². The highest BCUT2D eigenvalue weighted by Crippen LogP contribution is 2.34. The van der Waals surface area contributed by atoms with Crippen LogP contribution in [0.1, 0.15) is 29.5 Å². The van der Waals surface area contributed by atoms with Gasteiger partial charge in [0.05, 0.1) is 22.5 Å². The van der Waals surface area contributed by atoms with Crippen LogP contribution >= 0.6 is 11.3 Å². The number of hydrogen-bond donors (Lipinski definition) is 5. The molecule has 1 unspecified atom stereocenters. The third-order valence-corrected chi connectivity index (χ3v) is 9.09. The number of sulfone groups is 1. The van der Waals surface area contributed by atoms with Crippen molar-refractivity contribution in [2.45, 2.75) is 30.6 Å².